The van der Waals surface area contributed by atoms with Crippen LogP contribution in [0.3, 0.4) is 0 Å². The van der Waals surface area contributed by atoms with E-state index < -0.39 is 39.6 Å². The van der Waals surface area contributed by atoms with Gasteiger partial charge in [0.2, 0.25) is 11.8 Å². The molecule has 3 aliphatic rings. The molecule has 3 fully saturated rings. The van der Waals surface area contributed by atoms with Gasteiger partial charge in [0, 0.05) is 44.1 Å². The maximum Gasteiger partial charge on any atom is 0.323 e. The lowest BCUT2D eigenvalue weighted by Gasteiger charge is -2.33. The first-order valence-electron chi connectivity index (χ1n) is 12.3. The minimum atomic E-state index is -4.24. The molecule has 36 heavy (non-hydrogen) atoms. The van der Waals surface area contributed by atoms with Crippen LogP contribution >= 0.6 is 0 Å². The van der Waals surface area contributed by atoms with Gasteiger partial charge >= 0.3 is 15.0 Å². The third-order valence-electron chi connectivity index (χ3n) is 7.01. The summed E-state index contributed by atoms with van der Waals surface area (Å²) in [6.07, 6.45) is 1.86. The third kappa shape index (κ3) is 5.25. The second-order valence-corrected chi connectivity index (χ2v) is 12.7. The van der Waals surface area contributed by atoms with E-state index in [4.69, 9.17) is 4.74 Å². The fourth-order valence-electron chi connectivity index (χ4n) is 5.45. The number of nitrogens with zero attached hydrogens (tertiary/aromatic N) is 4. The van der Waals surface area contributed by atoms with E-state index in [2.05, 4.69) is 0 Å². The predicted octanol–water partition coefficient (Wildman–Crippen LogP) is 0.164. The van der Waals surface area contributed by atoms with Gasteiger partial charge in [-0.1, -0.05) is 20.8 Å². The second kappa shape index (κ2) is 10.1. The predicted molar refractivity (Wildman–Crippen MR) is 128 cm³/mol. The molecule has 3 aliphatic heterocycles. The highest BCUT2D eigenvalue weighted by Gasteiger charge is 2.55. The van der Waals surface area contributed by atoms with Crippen molar-refractivity contribution in [3.8, 4) is 0 Å². The van der Waals surface area contributed by atoms with Crippen molar-refractivity contribution in [2.75, 3.05) is 39.4 Å². The van der Waals surface area contributed by atoms with Crippen LogP contribution < -0.4 is 4.73 Å². The second-order valence-electron chi connectivity index (χ2n) is 10.9. The van der Waals surface area contributed by atoms with Crippen molar-refractivity contribution >= 4 is 27.6 Å². The Bertz CT molecular complexity index is 1130. The molecule has 11 nitrogen and oxygen atoms in total. The van der Waals surface area contributed by atoms with Crippen LogP contribution in [0.15, 0.2) is 29.4 Å². The first kappa shape index (κ1) is 26.5. The van der Waals surface area contributed by atoms with Crippen LogP contribution in [0.25, 0.3) is 0 Å². The number of hydrogen-bond acceptors (Lipinski definition) is 7. The summed E-state index contributed by atoms with van der Waals surface area (Å²) in [7, 11) is -4.24. The van der Waals surface area contributed by atoms with Crippen molar-refractivity contribution in [1.29, 1.82) is 0 Å². The van der Waals surface area contributed by atoms with E-state index in [9.17, 15) is 28.0 Å². The van der Waals surface area contributed by atoms with E-state index in [1.54, 1.807) is 4.90 Å². The number of hydrogen-bond donors (Lipinski definition) is 0. The standard InChI is InChI=1S/C24H34N4O7S/c1-24(2,3)15-17(14-20(30)25-10-12-35-13-11-25)23(31)26-9-7-18-22(26)19(29)16-28(18)36(33,34)21-6-4-5-8-27(21)32/h4-6,8,17-18,22H,7,9-16H2,1-3H3. The first-order valence-corrected chi connectivity index (χ1v) is 13.7. The van der Waals surface area contributed by atoms with Gasteiger partial charge in [-0.05, 0) is 24.3 Å². The summed E-state index contributed by atoms with van der Waals surface area (Å²) in [6.45, 7) is 7.68. The molecule has 3 atom stereocenters. The van der Waals surface area contributed by atoms with E-state index >= 15 is 0 Å². The molecule has 2 amide bonds. The summed E-state index contributed by atoms with van der Waals surface area (Å²) < 4.78 is 33.1. The number of carbonyl (C=O) groups is 3. The number of morpholine rings is 1. The third-order valence-corrected chi connectivity index (χ3v) is 8.88. The average molecular weight is 523 g/mol. The number of ketones is 1. The highest BCUT2D eigenvalue weighted by Crippen LogP contribution is 2.36. The van der Waals surface area contributed by atoms with E-state index in [-0.39, 0.29) is 47.1 Å². The summed E-state index contributed by atoms with van der Waals surface area (Å²) in [5, 5.41) is 11.7. The lowest BCUT2D eigenvalue weighted by atomic mass is 9.82. The molecule has 0 N–H and O–H groups in total. The van der Waals surface area contributed by atoms with Crippen molar-refractivity contribution in [1.82, 2.24) is 14.1 Å². The molecule has 1 aromatic heterocycles. The zero-order chi connectivity index (χ0) is 26.3. The largest absolute Gasteiger partial charge is 0.618 e. The highest BCUT2D eigenvalue weighted by atomic mass is 32.2. The molecular weight excluding hydrogens is 488 g/mol. The van der Waals surface area contributed by atoms with E-state index in [0.717, 1.165) is 10.5 Å². The van der Waals surface area contributed by atoms with Crippen LogP contribution in [-0.2, 0) is 29.1 Å². The lowest BCUT2D eigenvalue weighted by molar-refractivity contribution is -0.646. The molecule has 12 heteroatoms. The van der Waals surface area contributed by atoms with Crippen molar-refractivity contribution in [2.45, 2.75) is 57.1 Å². The number of pyridine rings is 1. The Kier molecular flexibility index (Phi) is 7.40. The van der Waals surface area contributed by atoms with Crippen molar-refractivity contribution in [3.05, 3.63) is 29.6 Å². The van der Waals surface area contributed by atoms with Gasteiger partial charge in [0.1, 0.15) is 6.04 Å². The van der Waals surface area contributed by atoms with Crippen LogP contribution in [-0.4, -0.2) is 91.6 Å². The van der Waals surface area contributed by atoms with Gasteiger partial charge in [-0.15, -0.1) is 0 Å². The Hall–Kier alpha value is -2.57. The summed E-state index contributed by atoms with van der Waals surface area (Å²) >= 11 is 0. The minimum absolute atomic E-state index is 0.0282. The van der Waals surface area contributed by atoms with Crippen LogP contribution in [0.5, 0.6) is 0 Å². The maximum absolute atomic E-state index is 13.8. The van der Waals surface area contributed by atoms with Gasteiger partial charge in [0.15, 0.2) is 12.0 Å². The normalized spacial score (nSPS) is 24.1. The van der Waals surface area contributed by atoms with Crippen LogP contribution in [0.2, 0.25) is 0 Å². The number of ether oxygens (including phenoxy) is 1. The monoisotopic (exact) mass is 522 g/mol. The maximum atomic E-state index is 13.8. The van der Waals surface area contributed by atoms with Crippen molar-refractivity contribution in [3.63, 3.8) is 0 Å². The summed E-state index contributed by atoms with van der Waals surface area (Å²) in [4.78, 5) is 43.0. The smallest absolute Gasteiger partial charge is 0.323 e. The number of Topliss-reactive ketones (excluding diaryl/α,β-unsaturated/α-hetero) is 1. The molecule has 0 aliphatic carbocycles. The van der Waals surface area contributed by atoms with Gasteiger partial charge in [0.25, 0.3) is 0 Å². The van der Waals surface area contributed by atoms with Gasteiger partial charge in [0.05, 0.1) is 25.8 Å². The number of rotatable bonds is 6. The van der Waals surface area contributed by atoms with Gasteiger partial charge in [-0.2, -0.15) is 9.04 Å². The van der Waals surface area contributed by atoms with E-state index in [1.165, 1.54) is 23.1 Å². The molecule has 0 spiro atoms. The average Bonchev–Trinajstić information content (AvgIpc) is 3.39. The van der Waals surface area contributed by atoms with Crippen LogP contribution in [0, 0.1) is 16.5 Å². The zero-order valence-corrected chi connectivity index (χ0v) is 21.8. The number of carbonyl (C=O) groups excluding carboxylic acids is 3. The molecular formula is C24H34N4O7S. The molecule has 0 saturated carbocycles. The van der Waals surface area contributed by atoms with Crippen LogP contribution in [0.1, 0.15) is 40.0 Å². The Balaban J connectivity index is 1.55. The van der Waals surface area contributed by atoms with Gasteiger partial charge < -0.3 is 19.7 Å². The molecule has 4 heterocycles. The van der Waals surface area contributed by atoms with Gasteiger partial charge in [-0.3, -0.25) is 14.4 Å². The number of fused-ring (bicyclic) bond motifs is 1. The fraction of sp³-hybridized carbons (Fsp3) is 0.667. The molecule has 0 aromatic carbocycles. The van der Waals surface area contributed by atoms with E-state index in [0.29, 0.717) is 32.7 Å². The van der Waals surface area contributed by atoms with Gasteiger partial charge in [-0.25, -0.2) is 8.42 Å². The lowest BCUT2D eigenvalue weighted by Crippen LogP contribution is -2.48. The SMILES string of the molecule is CC(C)(C)CC(CC(=O)N1CCOCC1)C(=O)N1CCC2C1C(=O)CN2S(=O)(=O)c1cccc[n+]1[O-]. The molecule has 3 saturated heterocycles. The number of likely N-dealkylation sites (tertiary alicyclic amines) is 1. The number of sulfonamides is 1. The topological polar surface area (TPSA) is 131 Å². The molecule has 0 bridgehead atoms. The van der Waals surface area contributed by atoms with Crippen molar-refractivity contribution in [2.24, 2.45) is 11.3 Å². The summed E-state index contributed by atoms with van der Waals surface area (Å²) in [5.41, 5.74) is -0.241. The number of aromatic nitrogens is 1. The van der Waals surface area contributed by atoms with E-state index in [1.807, 2.05) is 20.8 Å². The number of amides is 2. The summed E-state index contributed by atoms with van der Waals surface area (Å²) in [6, 6.07) is 2.42. The van der Waals surface area contributed by atoms with Crippen LogP contribution in [0.4, 0.5) is 0 Å². The quantitative estimate of drug-likeness (QED) is 0.384. The molecule has 1 aromatic rings. The fourth-order valence-corrected chi connectivity index (χ4v) is 7.10. The Morgan fingerprint density at radius 1 is 1.19 bits per heavy atom. The van der Waals surface area contributed by atoms with Crippen molar-refractivity contribution < 1.29 is 32.3 Å². The summed E-state index contributed by atoms with van der Waals surface area (Å²) in [5.74, 6) is -1.43. The molecule has 3 unspecified atom stereocenters. The molecule has 4 rings (SSSR count). The zero-order valence-electron chi connectivity index (χ0n) is 21.0. The molecule has 0 radical (unpaired) electrons. The minimum Gasteiger partial charge on any atom is -0.618 e. The molecule has 198 valence electrons. The Labute approximate surface area is 211 Å². The highest BCUT2D eigenvalue weighted by molar-refractivity contribution is 7.89. The Morgan fingerprint density at radius 3 is 2.53 bits per heavy atom. The Morgan fingerprint density at radius 2 is 1.89 bits per heavy atom. The first-order chi connectivity index (χ1) is 16.9.